The van der Waals surface area contributed by atoms with Crippen molar-refractivity contribution >= 4 is 51.5 Å². The molecular formula is C13H19BrClN3O2S. The molecular weight excluding hydrogens is 378 g/mol. The van der Waals surface area contributed by atoms with E-state index in [0.717, 1.165) is 16.9 Å². The molecule has 1 atom stereocenters. The number of nitrogens with zero attached hydrogens (tertiary/aromatic N) is 2. The van der Waals surface area contributed by atoms with Gasteiger partial charge in [0.25, 0.3) is 5.91 Å². The maximum atomic E-state index is 12.3. The standard InChI is InChI=1S/C13H18BrN3O2S.ClH/c1-9-7-15-5-6-17(9)12(18)8-16(2)13(19)10-3-4-11(14)20-10;/h3-4,9,15H,5-8H2,1-2H3;1H/t9-;/m1./s1. The number of amides is 2. The highest BCUT2D eigenvalue weighted by Gasteiger charge is 2.25. The summed E-state index contributed by atoms with van der Waals surface area (Å²) < 4.78 is 0.913. The Kier molecular flexibility index (Phi) is 7.12. The molecule has 0 aliphatic carbocycles. The smallest absolute Gasteiger partial charge is 0.264 e. The number of hydrogen-bond acceptors (Lipinski definition) is 4. The lowest BCUT2D eigenvalue weighted by Crippen LogP contribution is -2.54. The molecule has 1 saturated heterocycles. The van der Waals surface area contributed by atoms with E-state index in [9.17, 15) is 9.59 Å². The third kappa shape index (κ3) is 4.67. The summed E-state index contributed by atoms with van der Waals surface area (Å²) in [6.07, 6.45) is 0. The fourth-order valence-corrected chi connectivity index (χ4v) is 3.58. The molecule has 0 bridgehead atoms. The first-order chi connectivity index (χ1) is 9.49. The van der Waals surface area contributed by atoms with Gasteiger partial charge in [0, 0.05) is 32.7 Å². The molecule has 0 spiro atoms. The number of carbonyl (C=O) groups is 2. The summed E-state index contributed by atoms with van der Waals surface area (Å²) in [5.74, 6) is -0.109. The SMILES string of the molecule is C[C@@H]1CNCCN1C(=O)CN(C)C(=O)c1ccc(Br)s1.Cl. The zero-order chi connectivity index (χ0) is 14.7. The number of hydrogen-bond donors (Lipinski definition) is 1. The largest absolute Gasteiger partial charge is 0.336 e. The van der Waals surface area contributed by atoms with Gasteiger partial charge in [-0.2, -0.15) is 0 Å². The van der Waals surface area contributed by atoms with E-state index in [1.807, 2.05) is 17.9 Å². The maximum Gasteiger partial charge on any atom is 0.264 e. The first-order valence-electron chi connectivity index (χ1n) is 6.50. The van der Waals surface area contributed by atoms with Crippen LogP contribution in [-0.2, 0) is 4.79 Å². The van der Waals surface area contributed by atoms with Crippen molar-refractivity contribution in [2.24, 2.45) is 0 Å². The summed E-state index contributed by atoms with van der Waals surface area (Å²) in [4.78, 5) is 28.4. The molecule has 1 aromatic rings. The van der Waals surface area contributed by atoms with Gasteiger partial charge in [0.15, 0.2) is 0 Å². The quantitative estimate of drug-likeness (QED) is 0.848. The lowest BCUT2D eigenvalue weighted by molar-refractivity contribution is -0.134. The van der Waals surface area contributed by atoms with Crippen molar-refractivity contribution in [2.45, 2.75) is 13.0 Å². The Bertz CT molecular complexity index is 511. The highest BCUT2D eigenvalue weighted by atomic mass is 79.9. The number of carbonyl (C=O) groups excluding carboxylic acids is 2. The average molecular weight is 397 g/mol. The molecule has 1 aliphatic heterocycles. The van der Waals surface area contributed by atoms with E-state index < -0.39 is 0 Å². The molecule has 1 fully saturated rings. The number of rotatable bonds is 3. The molecule has 0 radical (unpaired) electrons. The van der Waals surface area contributed by atoms with Gasteiger partial charge in [-0.05, 0) is 35.0 Å². The molecule has 0 unspecified atom stereocenters. The van der Waals surface area contributed by atoms with Gasteiger partial charge in [-0.3, -0.25) is 9.59 Å². The Morgan fingerprint density at radius 1 is 1.52 bits per heavy atom. The Morgan fingerprint density at radius 3 is 2.81 bits per heavy atom. The summed E-state index contributed by atoms with van der Waals surface area (Å²) in [5, 5.41) is 3.25. The molecule has 2 heterocycles. The summed E-state index contributed by atoms with van der Waals surface area (Å²) in [7, 11) is 1.67. The second kappa shape index (κ2) is 8.12. The van der Waals surface area contributed by atoms with E-state index >= 15 is 0 Å². The van der Waals surface area contributed by atoms with Crippen LogP contribution in [-0.4, -0.2) is 60.9 Å². The van der Waals surface area contributed by atoms with Crippen LogP contribution in [0.15, 0.2) is 15.9 Å². The van der Waals surface area contributed by atoms with Gasteiger partial charge < -0.3 is 15.1 Å². The van der Waals surface area contributed by atoms with Crippen LogP contribution in [0.3, 0.4) is 0 Å². The lowest BCUT2D eigenvalue weighted by atomic mass is 10.2. The van der Waals surface area contributed by atoms with Crippen molar-refractivity contribution in [3.8, 4) is 0 Å². The van der Waals surface area contributed by atoms with Crippen molar-refractivity contribution in [2.75, 3.05) is 33.2 Å². The normalized spacial score (nSPS) is 18.0. The van der Waals surface area contributed by atoms with Crippen LogP contribution in [0, 0.1) is 0 Å². The minimum Gasteiger partial charge on any atom is -0.336 e. The van der Waals surface area contributed by atoms with E-state index in [2.05, 4.69) is 21.2 Å². The molecule has 8 heteroatoms. The zero-order valence-electron chi connectivity index (χ0n) is 12.0. The van der Waals surface area contributed by atoms with Gasteiger partial charge in [-0.1, -0.05) is 0 Å². The average Bonchev–Trinajstić information content (AvgIpc) is 2.84. The molecule has 1 aliphatic rings. The third-order valence-corrected chi connectivity index (χ3v) is 4.94. The van der Waals surface area contributed by atoms with Crippen LogP contribution >= 0.6 is 39.7 Å². The van der Waals surface area contributed by atoms with Gasteiger partial charge in [0.2, 0.25) is 5.91 Å². The molecule has 1 aromatic heterocycles. The van der Waals surface area contributed by atoms with Crippen molar-refractivity contribution < 1.29 is 9.59 Å². The fourth-order valence-electron chi connectivity index (χ4n) is 2.19. The van der Waals surface area contributed by atoms with Gasteiger partial charge in [0.1, 0.15) is 0 Å². The summed E-state index contributed by atoms with van der Waals surface area (Å²) >= 11 is 4.71. The zero-order valence-corrected chi connectivity index (χ0v) is 15.2. The number of likely N-dealkylation sites (N-methyl/N-ethyl adjacent to an activating group) is 1. The van der Waals surface area contributed by atoms with E-state index in [0.29, 0.717) is 11.4 Å². The predicted molar refractivity (Wildman–Crippen MR) is 90.3 cm³/mol. The molecule has 0 saturated carbocycles. The highest BCUT2D eigenvalue weighted by molar-refractivity contribution is 9.11. The second-order valence-electron chi connectivity index (χ2n) is 4.91. The second-order valence-corrected chi connectivity index (χ2v) is 7.37. The predicted octanol–water partition coefficient (Wildman–Crippen LogP) is 1.82. The lowest BCUT2D eigenvalue weighted by Gasteiger charge is -2.35. The molecule has 2 rings (SSSR count). The van der Waals surface area contributed by atoms with Crippen LogP contribution in [0.5, 0.6) is 0 Å². The van der Waals surface area contributed by atoms with E-state index in [4.69, 9.17) is 0 Å². The van der Waals surface area contributed by atoms with Crippen LogP contribution in [0.2, 0.25) is 0 Å². The van der Waals surface area contributed by atoms with Crippen LogP contribution in [0.25, 0.3) is 0 Å². The molecule has 5 nitrogen and oxygen atoms in total. The van der Waals surface area contributed by atoms with Gasteiger partial charge in [-0.15, -0.1) is 23.7 Å². The van der Waals surface area contributed by atoms with Gasteiger partial charge >= 0.3 is 0 Å². The van der Waals surface area contributed by atoms with Gasteiger partial charge in [-0.25, -0.2) is 0 Å². The molecule has 118 valence electrons. The minimum absolute atomic E-state index is 0. The molecule has 2 amide bonds. The Labute approximate surface area is 143 Å². The number of thiophene rings is 1. The monoisotopic (exact) mass is 395 g/mol. The third-order valence-electron chi connectivity index (χ3n) is 3.32. The van der Waals surface area contributed by atoms with E-state index in [-0.39, 0.29) is 36.8 Å². The van der Waals surface area contributed by atoms with Crippen LogP contribution in [0.1, 0.15) is 16.6 Å². The van der Waals surface area contributed by atoms with Crippen molar-refractivity contribution in [3.05, 3.63) is 20.8 Å². The Balaban J connectivity index is 0.00000220. The van der Waals surface area contributed by atoms with Crippen molar-refractivity contribution in [3.63, 3.8) is 0 Å². The first kappa shape index (κ1) is 18.4. The van der Waals surface area contributed by atoms with Crippen LogP contribution < -0.4 is 5.32 Å². The summed E-state index contributed by atoms with van der Waals surface area (Å²) in [6.45, 7) is 4.46. The van der Waals surface area contributed by atoms with E-state index in [1.54, 1.807) is 13.1 Å². The molecule has 0 aromatic carbocycles. The fraction of sp³-hybridized carbons (Fsp3) is 0.538. The first-order valence-corrected chi connectivity index (χ1v) is 8.11. The summed E-state index contributed by atoms with van der Waals surface area (Å²) in [5.41, 5.74) is 0. The molecule has 1 N–H and O–H groups in total. The van der Waals surface area contributed by atoms with Gasteiger partial charge in [0.05, 0.1) is 15.2 Å². The number of halogens is 2. The van der Waals surface area contributed by atoms with E-state index in [1.165, 1.54) is 16.2 Å². The number of piperazine rings is 1. The highest BCUT2D eigenvalue weighted by Crippen LogP contribution is 2.23. The van der Waals surface area contributed by atoms with Crippen molar-refractivity contribution in [1.29, 1.82) is 0 Å². The molecule has 21 heavy (non-hydrogen) atoms. The Hall–Kier alpha value is -0.630. The van der Waals surface area contributed by atoms with Crippen molar-refractivity contribution in [1.82, 2.24) is 15.1 Å². The van der Waals surface area contributed by atoms with Crippen LogP contribution in [0.4, 0.5) is 0 Å². The number of nitrogens with one attached hydrogen (secondary N) is 1. The summed E-state index contributed by atoms with van der Waals surface area (Å²) in [6, 6.07) is 3.79. The Morgan fingerprint density at radius 2 is 2.24 bits per heavy atom. The topological polar surface area (TPSA) is 52.7 Å². The minimum atomic E-state index is -0.114. The maximum absolute atomic E-state index is 12.3.